The Hall–Kier alpha value is -2.61. The van der Waals surface area contributed by atoms with Gasteiger partial charge in [-0.2, -0.15) is 0 Å². The summed E-state index contributed by atoms with van der Waals surface area (Å²) in [7, 11) is 1.37. The number of esters is 1. The molecule has 0 amide bonds. The van der Waals surface area contributed by atoms with Gasteiger partial charge < -0.3 is 19.4 Å². The van der Waals surface area contributed by atoms with Gasteiger partial charge in [-0.15, -0.1) is 0 Å². The van der Waals surface area contributed by atoms with Crippen molar-refractivity contribution in [1.82, 2.24) is 15.2 Å². The molecule has 1 saturated heterocycles. The van der Waals surface area contributed by atoms with E-state index in [0.717, 1.165) is 11.3 Å². The van der Waals surface area contributed by atoms with Crippen LogP contribution < -0.4 is 5.32 Å². The van der Waals surface area contributed by atoms with E-state index in [0.29, 0.717) is 33.2 Å². The number of nitrogens with zero attached hydrogens (tertiary/aromatic N) is 2. The molecule has 4 rings (SSSR count). The van der Waals surface area contributed by atoms with Crippen LogP contribution in [-0.2, 0) is 9.53 Å². The molecule has 0 bridgehead atoms. The number of furan rings is 1. The van der Waals surface area contributed by atoms with Crippen molar-refractivity contribution in [2.24, 2.45) is 0 Å². The fourth-order valence-electron chi connectivity index (χ4n) is 3.61. The highest BCUT2D eigenvalue weighted by molar-refractivity contribution is 7.80. The van der Waals surface area contributed by atoms with Gasteiger partial charge in [-0.05, 0) is 54.7 Å². The van der Waals surface area contributed by atoms with Crippen LogP contribution in [0.25, 0.3) is 11.3 Å². The van der Waals surface area contributed by atoms with Crippen molar-refractivity contribution in [3.05, 3.63) is 76.2 Å². The van der Waals surface area contributed by atoms with Gasteiger partial charge in [0.15, 0.2) is 5.11 Å². The molecular weight excluding hydrogens is 457 g/mol. The van der Waals surface area contributed by atoms with E-state index < -0.39 is 0 Å². The third kappa shape index (κ3) is 4.54. The first kappa shape index (κ1) is 21.6. The number of hydrogen-bond acceptors (Lipinski definition) is 5. The molecule has 2 atom stereocenters. The molecule has 0 spiro atoms. The lowest BCUT2D eigenvalue weighted by atomic mass is 10.0. The lowest BCUT2D eigenvalue weighted by molar-refractivity contribution is -0.140. The summed E-state index contributed by atoms with van der Waals surface area (Å²) in [5.41, 5.74) is 1.55. The number of thiocarbonyl (C=S) groups is 1. The highest BCUT2D eigenvalue weighted by Crippen LogP contribution is 2.41. The van der Waals surface area contributed by atoms with Gasteiger partial charge in [0.25, 0.3) is 0 Å². The van der Waals surface area contributed by atoms with Crippen LogP contribution >= 0.6 is 35.4 Å². The van der Waals surface area contributed by atoms with Crippen LogP contribution in [0.15, 0.2) is 59.1 Å². The number of ether oxygens (including phenoxy) is 1. The normalized spacial score (nSPS) is 18.2. The average molecular weight is 476 g/mol. The zero-order chi connectivity index (χ0) is 22.0. The molecular formula is C22H19Cl2N3O3S. The molecule has 9 heteroatoms. The predicted molar refractivity (Wildman–Crippen MR) is 123 cm³/mol. The van der Waals surface area contributed by atoms with Gasteiger partial charge in [-0.3, -0.25) is 9.78 Å². The molecule has 0 radical (unpaired) electrons. The van der Waals surface area contributed by atoms with Gasteiger partial charge >= 0.3 is 5.97 Å². The lowest BCUT2D eigenvalue weighted by Gasteiger charge is -2.25. The Bertz CT molecular complexity index is 1110. The Morgan fingerprint density at radius 1 is 1.26 bits per heavy atom. The Kier molecular flexibility index (Phi) is 6.46. The molecule has 2 aromatic heterocycles. The standard InChI is InChI=1S/C22H19Cl2N3O3S/c1-29-19(28)9-11-27-21(20(26-22(27)31)16-4-2-3-10-25-16)18-8-7-17(30-18)14-6-5-13(23)12-15(14)24/h2-8,10,12,20-21H,9,11H2,1H3,(H,26,31). The summed E-state index contributed by atoms with van der Waals surface area (Å²) < 4.78 is 11.0. The van der Waals surface area contributed by atoms with E-state index in [1.165, 1.54) is 7.11 Å². The number of hydrogen-bond donors (Lipinski definition) is 1. The van der Waals surface area contributed by atoms with Crippen LogP contribution in [0, 0.1) is 0 Å². The van der Waals surface area contributed by atoms with Gasteiger partial charge in [-0.1, -0.05) is 29.3 Å². The highest BCUT2D eigenvalue weighted by Gasteiger charge is 2.41. The summed E-state index contributed by atoms with van der Waals surface area (Å²) in [6, 6.07) is 14.2. The minimum absolute atomic E-state index is 0.195. The predicted octanol–water partition coefficient (Wildman–Crippen LogP) is 5.18. The minimum atomic E-state index is -0.309. The monoisotopic (exact) mass is 475 g/mol. The maximum Gasteiger partial charge on any atom is 0.307 e. The Morgan fingerprint density at radius 2 is 2.10 bits per heavy atom. The average Bonchev–Trinajstić information content (AvgIpc) is 3.37. The Morgan fingerprint density at radius 3 is 2.81 bits per heavy atom. The molecule has 3 aromatic rings. The van der Waals surface area contributed by atoms with Crippen molar-refractivity contribution in [2.45, 2.75) is 18.5 Å². The van der Waals surface area contributed by atoms with E-state index in [9.17, 15) is 4.79 Å². The summed E-state index contributed by atoms with van der Waals surface area (Å²) in [5.74, 6) is 0.979. The number of benzene rings is 1. The van der Waals surface area contributed by atoms with Crippen molar-refractivity contribution in [1.29, 1.82) is 0 Å². The van der Waals surface area contributed by atoms with Crippen LogP contribution in [0.4, 0.5) is 0 Å². The van der Waals surface area contributed by atoms with Crippen molar-refractivity contribution >= 4 is 46.5 Å². The fourth-order valence-corrected chi connectivity index (χ4v) is 4.45. The zero-order valence-electron chi connectivity index (χ0n) is 16.5. The second-order valence-corrected chi connectivity index (χ2v) is 8.20. The first-order valence-corrected chi connectivity index (χ1v) is 10.7. The lowest BCUT2D eigenvalue weighted by Crippen LogP contribution is -2.31. The first-order chi connectivity index (χ1) is 15.0. The maximum atomic E-state index is 11.8. The van der Waals surface area contributed by atoms with Crippen LogP contribution in [-0.4, -0.2) is 34.6 Å². The number of halogens is 2. The van der Waals surface area contributed by atoms with Gasteiger partial charge in [0.2, 0.25) is 0 Å². The van der Waals surface area contributed by atoms with Crippen molar-refractivity contribution in [2.75, 3.05) is 13.7 Å². The molecule has 0 aliphatic carbocycles. The largest absolute Gasteiger partial charge is 0.469 e. The number of aromatic nitrogens is 1. The number of carbonyl (C=O) groups excluding carboxylic acids is 1. The topological polar surface area (TPSA) is 67.6 Å². The number of rotatable bonds is 6. The molecule has 0 saturated carbocycles. The van der Waals surface area contributed by atoms with Gasteiger partial charge in [0, 0.05) is 23.3 Å². The molecule has 31 heavy (non-hydrogen) atoms. The van der Waals surface area contributed by atoms with Crippen molar-refractivity contribution < 1.29 is 13.9 Å². The molecule has 1 aliphatic rings. The number of nitrogens with one attached hydrogen (secondary N) is 1. The van der Waals surface area contributed by atoms with Crippen molar-refractivity contribution in [3.63, 3.8) is 0 Å². The van der Waals surface area contributed by atoms with Crippen LogP contribution in [0.5, 0.6) is 0 Å². The van der Waals surface area contributed by atoms with E-state index in [-0.39, 0.29) is 24.5 Å². The SMILES string of the molecule is COC(=O)CCN1C(=S)NC(c2ccccn2)C1c1ccc(-c2ccc(Cl)cc2Cl)o1. The summed E-state index contributed by atoms with van der Waals surface area (Å²) in [6.45, 7) is 0.379. The van der Waals surface area contributed by atoms with E-state index in [1.807, 2.05) is 41.3 Å². The highest BCUT2D eigenvalue weighted by atomic mass is 35.5. The molecule has 1 aromatic carbocycles. The molecule has 6 nitrogen and oxygen atoms in total. The Balaban J connectivity index is 1.70. The first-order valence-electron chi connectivity index (χ1n) is 9.58. The van der Waals surface area contributed by atoms with Crippen LogP contribution in [0.3, 0.4) is 0 Å². The van der Waals surface area contributed by atoms with E-state index in [4.69, 9.17) is 44.6 Å². The smallest absolute Gasteiger partial charge is 0.307 e. The van der Waals surface area contributed by atoms with E-state index >= 15 is 0 Å². The molecule has 1 N–H and O–H groups in total. The summed E-state index contributed by atoms with van der Waals surface area (Å²) in [4.78, 5) is 18.2. The van der Waals surface area contributed by atoms with Gasteiger partial charge in [-0.25, -0.2) is 0 Å². The Labute approximate surface area is 195 Å². The summed E-state index contributed by atoms with van der Waals surface area (Å²) in [6.07, 6.45) is 1.93. The number of methoxy groups -OCH3 is 1. The molecule has 160 valence electrons. The fraction of sp³-hybridized carbons (Fsp3) is 0.227. The number of carbonyl (C=O) groups is 1. The number of pyridine rings is 1. The van der Waals surface area contributed by atoms with Crippen molar-refractivity contribution in [3.8, 4) is 11.3 Å². The van der Waals surface area contributed by atoms with Crippen LogP contribution in [0.2, 0.25) is 10.0 Å². The maximum absolute atomic E-state index is 11.8. The van der Waals surface area contributed by atoms with E-state index in [1.54, 1.807) is 18.3 Å². The molecule has 1 fully saturated rings. The summed E-state index contributed by atoms with van der Waals surface area (Å²) in [5, 5.41) is 4.89. The van der Waals surface area contributed by atoms with E-state index in [2.05, 4.69) is 10.3 Å². The third-order valence-electron chi connectivity index (χ3n) is 5.10. The van der Waals surface area contributed by atoms with Crippen LogP contribution in [0.1, 0.15) is 30.0 Å². The minimum Gasteiger partial charge on any atom is -0.469 e. The third-order valence-corrected chi connectivity index (χ3v) is 6.00. The quantitative estimate of drug-likeness (QED) is 0.388. The molecule has 3 heterocycles. The van der Waals surface area contributed by atoms with Gasteiger partial charge in [0.1, 0.15) is 17.6 Å². The zero-order valence-corrected chi connectivity index (χ0v) is 18.9. The second-order valence-electron chi connectivity index (χ2n) is 6.97. The molecule has 1 aliphatic heterocycles. The molecule has 2 unspecified atom stereocenters. The van der Waals surface area contributed by atoms with Gasteiger partial charge in [0.05, 0.1) is 30.3 Å². The summed E-state index contributed by atoms with van der Waals surface area (Å²) >= 11 is 18.0. The second kappa shape index (κ2) is 9.26.